The van der Waals surface area contributed by atoms with Crippen LogP contribution in [0, 0.1) is 6.92 Å². The predicted octanol–water partition coefficient (Wildman–Crippen LogP) is 1.80. The van der Waals surface area contributed by atoms with Gasteiger partial charge in [-0.15, -0.1) is 12.4 Å². The Hall–Kier alpha value is -1.30. The Bertz CT molecular complexity index is 427. The van der Waals surface area contributed by atoms with Crippen LogP contribution in [0.15, 0.2) is 18.2 Å². The summed E-state index contributed by atoms with van der Waals surface area (Å²) in [6, 6.07) is 5.95. The summed E-state index contributed by atoms with van der Waals surface area (Å²) in [5.41, 5.74) is 7.47. The van der Waals surface area contributed by atoms with Crippen LogP contribution in [0.1, 0.15) is 24.0 Å². The first kappa shape index (κ1) is 19.7. The highest BCUT2D eigenvalue weighted by molar-refractivity contribution is 5.85. The Labute approximate surface area is 132 Å². The standard InChI is InChI=1S/C15H24N2O3.ClH/c1-12-5-6-13(11-17-15(18)4-3-7-16)14(10-12)20-9-8-19-2;/h5-6,10H,3-4,7-9,11,16H2,1-2H3,(H,17,18);1H. The number of hydrogen-bond acceptors (Lipinski definition) is 4. The molecule has 0 aliphatic carbocycles. The zero-order valence-corrected chi connectivity index (χ0v) is 13.5. The number of methoxy groups -OCH3 is 1. The molecule has 1 amide bonds. The molecule has 0 spiro atoms. The molecule has 0 aliphatic rings. The largest absolute Gasteiger partial charge is 0.491 e. The van der Waals surface area contributed by atoms with E-state index in [0.29, 0.717) is 39.1 Å². The minimum atomic E-state index is 0. The van der Waals surface area contributed by atoms with Crippen molar-refractivity contribution in [3.05, 3.63) is 29.3 Å². The highest BCUT2D eigenvalue weighted by atomic mass is 35.5. The summed E-state index contributed by atoms with van der Waals surface area (Å²) in [6.07, 6.45) is 1.17. The predicted molar refractivity (Wildman–Crippen MR) is 85.9 cm³/mol. The Morgan fingerprint density at radius 1 is 1.33 bits per heavy atom. The van der Waals surface area contributed by atoms with Crippen molar-refractivity contribution < 1.29 is 14.3 Å². The Kier molecular flexibility index (Phi) is 10.7. The fourth-order valence-electron chi connectivity index (χ4n) is 1.72. The van der Waals surface area contributed by atoms with Crippen molar-refractivity contribution in [2.45, 2.75) is 26.3 Å². The second kappa shape index (κ2) is 11.4. The van der Waals surface area contributed by atoms with Gasteiger partial charge in [0, 0.05) is 25.6 Å². The van der Waals surface area contributed by atoms with Crippen LogP contribution < -0.4 is 15.8 Å². The van der Waals surface area contributed by atoms with Gasteiger partial charge in [-0.05, 0) is 31.5 Å². The number of nitrogens with two attached hydrogens (primary N) is 1. The summed E-state index contributed by atoms with van der Waals surface area (Å²) in [5.74, 6) is 0.806. The average Bonchev–Trinajstić information content (AvgIpc) is 2.44. The number of halogens is 1. The lowest BCUT2D eigenvalue weighted by atomic mass is 10.1. The van der Waals surface area contributed by atoms with Crippen LogP contribution in [0.3, 0.4) is 0 Å². The third-order valence-corrected chi connectivity index (χ3v) is 2.85. The van der Waals surface area contributed by atoms with Gasteiger partial charge in [0.05, 0.1) is 6.61 Å². The second-order valence-electron chi connectivity index (χ2n) is 4.62. The molecule has 0 aromatic heterocycles. The van der Waals surface area contributed by atoms with Crippen molar-refractivity contribution >= 4 is 18.3 Å². The number of carbonyl (C=O) groups is 1. The smallest absolute Gasteiger partial charge is 0.220 e. The second-order valence-corrected chi connectivity index (χ2v) is 4.62. The quantitative estimate of drug-likeness (QED) is 0.681. The van der Waals surface area contributed by atoms with E-state index in [-0.39, 0.29) is 18.3 Å². The molecular formula is C15H25ClN2O3. The first-order valence-corrected chi connectivity index (χ1v) is 6.85. The van der Waals surface area contributed by atoms with Gasteiger partial charge in [-0.2, -0.15) is 0 Å². The number of ether oxygens (including phenoxy) is 2. The van der Waals surface area contributed by atoms with Gasteiger partial charge in [0.15, 0.2) is 0 Å². The number of carbonyl (C=O) groups excluding carboxylic acids is 1. The van der Waals surface area contributed by atoms with E-state index in [1.165, 1.54) is 0 Å². The van der Waals surface area contributed by atoms with Crippen molar-refractivity contribution in [1.29, 1.82) is 0 Å². The lowest BCUT2D eigenvalue weighted by molar-refractivity contribution is -0.121. The molecule has 5 nitrogen and oxygen atoms in total. The van der Waals surface area contributed by atoms with Crippen LogP contribution >= 0.6 is 12.4 Å². The third-order valence-electron chi connectivity index (χ3n) is 2.85. The van der Waals surface area contributed by atoms with E-state index >= 15 is 0 Å². The van der Waals surface area contributed by atoms with Crippen molar-refractivity contribution in [1.82, 2.24) is 5.32 Å². The minimum Gasteiger partial charge on any atom is -0.491 e. The maximum absolute atomic E-state index is 11.6. The molecule has 120 valence electrons. The summed E-state index contributed by atoms with van der Waals surface area (Å²) in [5, 5.41) is 2.88. The van der Waals surface area contributed by atoms with E-state index in [1.807, 2.05) is 25.1 Å². The molecule has 0 unspecified atom stereocenters. The molecule has 0 fully saturated rings. The number of rotatable bonds is 9. The first-order chi connectivity index (χ1) is 9.67. The molecule has 3 N–H and O–H groups in total. The van der Waals surface area contributed by atoms with E-state index in [9.17, 15) is 4.79 Å². The number of benzene rings is 1. The lowest BCUT2D eigenvalue weighted by Gasteiger charge is -2.13. The first-order valence-electron chi connectivity index (χ1n) is 6.85. The van der Waals surface area contributed by atoms with E-state index in [4.69, 9.17) is 15.2 Å². The maximum Gasteiger partial charge on any atom is 0.220 e. The van der Waals surface area contributed by atoms with Gasteiger partial charge in [-0.3, -0.25) is 4.79 Å². The maximum atomic E-state index is 11.6. The van der Waals surface area contributed by atoms with E-state index < -0.39 is 0 Å². The molecule has 6 heteroatoms. The average molecular weight is 317 g/mol. The zero-order valence-electron chi connectivity index (χ0n) is 12.7. The molecule has 0 heterocycles. The summed E-state index contributed by atoms with van der Waals surface area (Å²) in [7, 11) is 1.64. The molecule has 0 radical (unpaired) electrons. The Morgan fingerprint density at radius 3 is 2.76 bits per heavy atom. The summed E-state index contributed by atoms with van der Waals surface area (Å²) in [4.78, 5) is 11.6. The fourth-order valence-corrected chi connectivity index (χ4v) is 1.72. The van der Waals surface area contributed by atoms with Gasteiger partial charge in [0.1, 0.15) is 12.4 Å². The molecule has 0 bridgehead atoms. The van der Waals surface area contributed by atoms with Crippen LogP contribution in [0.25, 0.3) is 0 Å². The van der Waals surface area contributed by atoms with E-state index in [0.717, 1.165) is 16.9 Å². The molecule has 0 atom stereocenters. The Balaban J connectivity index is 0.00000400. The van der Waals surface area contributed by atoms with Gasteiger partial charge in [0.25, 0.3) is 0 Å². The SMILES string of the molecule is COCCOc1cc(C)ccc1CNC(=O)CCCN.Cl. The summed E-state index contributed by atoms with van der Waals surface area (Å²) < 4.78 is 10.6. The van der Waals surface area contributed by atoms with Crippen molar-refractivity contribution in [3.63, 3.8) is 0 Å². The molecule has 1 aromatic rings. The highest BCUT2D eigenvalue weighted by Crippen LogP contribution is 2.20. The van der Waals surface area contributed by atoms with Crippen molar-refractivity contribution in [2.24, 2.45) is 5.73 Å². The van der Waals surface area contributed by atoms with Crippen LogP contribution in [0.5, 0.6) is 5.75 Å². The number of nitrogens with one attached hydrogen (secondary N) is 1. The van der Waals surface area contributed by atoms with Crippen molar-refractivity contribution in [3.8, 4) is 5.75 Å². The van der Waals surface area contributed by atoms with Crippen LogP contribution in [0.4, 0.5) is 0 Å². The zero-order chi connectivity index (χ0) is 14.8. The topological polar surface area (TPSA) is 73.6 Å². The van der Waals surface area contributed by atoms with Crippen molar-refractivity contribution in [2.75, 3.05) is 26.9 Å². The van der Waals surface area contributed by atoms with Crippen LogP contribution in [-0.4, -0.2) is 32.8 Å². The number of amides is 1. The van der Waals surface area contributed by atoms with Gasteiger partial charge in [-0.25, -0.2) is 0 Å². The molecule has 1 rings (SSSR count). The monoisotopic (exact) mass is 316 g/mol. The Morgan fingerprint density at radius 2 is 2.10 bits per heavy atom. The molecule has 0 aliphatic heterocycles. The summed E-state index contributed by atoms with van der Waals surface area (Å²) >= 11 is 0. The highest BCUT2D eigenvalue weighted by Gasteiger charge is 2.06. The minimum absolute atomic E-state index is 0. The van der Waals surface area contributed by atoms with Crippen LogP contribution in [-0.2, 0) is 16.1 Å². The van der Waals surface area contributed by atoms with Gasteiger partial charge in [0.2, 0.25) is 5.91 Å². The molecule has 0 saturated heterocycles. The number of aryl methyl sites for hydroxylation is 1. The van der Waals surface area contributed by atoms with Crippen LogP contribution in [0.2, 0.25) is 0 Å². The van der Waals surface area contributed by atoms with Gasteiger partial charge < -0.3 is 20.5 Å². The fraction of sp³-hybridized carbons (Fsp3) is 0.533. The van der Waals surface area contributed by atoms with Gasteiger partial charge >= 0.3 is 0 Å². The molecule has 0 saturated carbocycles. The number of hydrogen-bond donors (Lipinski definition) is 2. The van der Waals surface area contributed by atoms with Gasteiger partial charge in [-0.1, -0.05) is 12.1 Å². The molecular weight excluding hydrogens is 292 g/mol. The normalized spacial score (nSPS) is 9.86. The van der Waals surface area contributed by atoms with E-state index in [1.54, 1.807) is 7.11 Å². The molecule has 1 aromatic carbocycles. The van der Waals surface area contributed by atoms with E-state index in [2.05, 4.69) is 5.32 Å². The third kappa shape index (κ3) is 7.90. The molecule has 21 heavy (non-hydrogen) atoms. The lowest BCUT2D eigenvalue weighted by Crippen LogP contribution is -2.23. The summed E-state index contributed by atoms with van der Waals surface area (Å²) in [6.45, 7) is 4.03.